The lowest BCUT2D eigenvalue weighted by atomic mass is 10.1. The summed E-state index contributed by atoms with van der Waals surface area (Å²) in [7, 11) is 0. The first kappa shape index (κ1) is 24.5. The van der Waals surface area contributed by atoms with Crippen LogP contribution >= 0.6 is 0 Å². The molecule has 1 aromatic heterocycles. The van der Waals surface area contributed by atoms with Gasteiger partial charge in [0, 0.05) is 29.3 Å². The van der Waals surface area contributed by atoms with Crippen molar-refractivity contribution in [3.63, 3.8) is 0 Å². The molecule has 0 unspecified atom stereocenters. The molecule has 36 heavy (non-hydrogen) atoms. The minimum atomic E-state index is -0.261. The Morgan fingerprint density at radius 2 is 1.69 bits per heavy atom. The Kier molecular flexibility index (Phi) is 7.98. The molecule has 0 aliphatic carbocycles. The monoisotopic (exact) mass is 480 g/mol. The van der Waals surface area contributed by atoms with E-state index in [9.17, 15) is 9.59 Å². The maximum Gasteiger partial charge on any atom is 0.262 e. The fraction of sp³-hybridized carbons (Fsp3) is 0.133. The second kappa shape index (κ2) is 11.7. The zero-order valence-electron chi connectivity index (χ0n) is 20.3. The van der Waals surface area contributed by atoms with Gasteiger partial charge in [-0.1, -0.05) is 42.5 Å². The number of nitrogens with zero attached hydrogens (tertiary/aromatic N) is 1. The van der Waals surface area contributed by atoms with Crippen LogP contribution in [0.2, 0.25) is 0 Å². The SMILES string of the molecule is CCOc1cc(/C=C/C(=O)c2cccc(-n3cccc3)c2)ccc1OCC(=O)Nc1ccccc1C. The van der Waals surface area contributed by atoms with Crippen molar-refractivity contribution in [3.05, 3.63) is 114 Å². The van der Waals surface area contributed by atoms with Gasteiger partial charge in [0.05, 0.1) is 6.61 Å². The molecule has 0 aliphatic rings. The van der Waals surface area contributed by atoms with Crippen LogP contribution in [-0.2, 0) is 4.79 Å². The van der Waals surface area contributed by atoms with Gasteiger partial charge in [-0.15, -0.1) is 0 Å². The van der Waals surface area contributed by atoms with Crippen molar-refractivity contribution in [1.82, 2.24) is 4.57 Å². The minimum absolute atomic E-state index is 0.102. The van der Waals surface area contributed by atoms with E-state index in [0.29, 0.717) is 23.7 Å². The molecule has 0 aliphatic heterocycles. The number of rotatable bonds is 10. The van der Waals surface area contributed by atoms with Crippen molar-refractivity contribution in [1.29, 1.82) is 0 Å². The average molecular weight is 481 g/mol. The van der Waals surface area contributed by atoms with E-state index in [2.05, 4.69) is 5.32 Å². The third-order valence-corrected chi connectivity index (χ3v) is 5.51. The highest BCUT2D eigenvalue weighted by Gasteiger charge is 2.10. The number of carbonyl (C=O) groups excluding carboxylic acids is 2. The van der Waals surface area contributed by atoms with E-state index in [1.165, 1.54) is 6.08 Å². The molecule has 0 radical (unpaired) electrons. The lowest BCUT2D eigenvalue weighted by Gasteiger charge is -2.13. The van der Waals surface area contributed by atoms with Crippen LogP contribution in [0.25, 0.3) is 11.8 Å². The number of ether oxygens (including phenoxy) is 2. The molecule has 1 N–H and O–H groups in total. The number of allylic oxidation sites excluding steroid dienone is 1. The van der Waals surface area contributed by atoms with E-state index in [1.807, 2.05) is 91.5 Å². The van der Waals surface area contributed by atoms with Gasteiger partial charge in [-0.3, -0.25) is 9.59 Å². The Hall–Kier alpha value is -4.58. The highest BCUT2D eigenvalue weighted by atomic mass is 16.5. The van der Waals surface area contributed by atoms with Crippen LogP contribution in [-0.4, -0.2) is 29.5 Å². The van der Waals surface area contributed by atoms with Crippen LogP contribution in [0.5, 0.6) is 11.5 Å². The van der Waals surface area contributed by atoms with Crippen molar-refractivity contribution in [2.75, 3.05) is 18.5 Å². The quantitative estimate of drug-likeness (QED) is 0.220. The Bertz CT molecular complexity index is 1370. The molecule has 1 heterocycles. The third kappa shape index (κ3) is 6.30. The Morgan fingerprint density at radius 3 is 2.47 bits per heavy atom. The molecule has 3 aromatic carbocycles. The normalized spacial score (nSPS) is 10.8. The Morgan fingerprint density at radius 1 is 0.889 bits per heavy atom. The number of aryl methyl sites for hydroxylation is 1. The first-order valence-corrected chi connectivity index (χ1v) is 11.7. The average Bonchev–Trinajstić information content (AvgIpc) is 3.44. The van der Waals surface area contributed by atoms with Gasteiger partial charge in [-0.05, 0) is 73.5 Å². The predicted molar refractivity (Wildman–Crippen MR) is 142 cm³/mol. The molecule has 4 rings (SSSR count). The second-order valence-corrected chi connectivity index (χ2v) is 8.13. The van der Waals surface area contributed by atoms with Gasteiger partial charge >= 0.3 is 0 Å². The van der Waals surface area contributed by atoms with Crippen molar-refractivity contribution in [2.24, 2.45) is 0 Å². The molecular formula is C30H28N2O4. The maximum absolute atomic E-state index is 12.8. The lowest BCUT2D eigenvalue weighted by Crippen LogP contribution is -2.20. The van der Waals surface area contributed by atoms with E-state index in [4.69, 9.17) is 9.47 Å². The molecule has 0 bridgehead atoms. The van der Waals surface area contributed by atoms with Crippen molar-refractivity contribution in [2.45, 2.75) is 13.8 Å². The summed E-state index contributed by atoms with van der Waals surface area (Å²) in [5, 5.41) is 2.85. The molecule has 0 atom stereocenters. The summed E-state index contributed by atoms with van der Waals surface area (Å²) in [6.07, 6.45) is 7.15. The smallest absolute Gasteiger partial charge is 0.262 e. The summed E-state index contributed by atoms with van der Waals surface area (Å²) in [6, 6.07) is 24.3. The largest absolute Gasteiger partial charge is 0.490 e. The summed E-state index contributed by atoms with van der Waals surface area (Å²) >= 11 is 0. The van der Waals surface area contributed by atoms with Crippen LogP contribution in [0.1, 0.15) is 28.4 Å². The fourth-order valence-electron chi connectivity index (χ4n) is 3.65. The Balaban J connectivity index is 1.42. The number of para-hydroxylation sites is 1. The third-order valence-electron chi connectivity index (χ3n) is 5.51. The molecule has 0 fully saturated rings. The second-order valence-electron chi connectivity index (χ2n) is 8.13. The topological polar surface area (TPSA) is 69.6 Å². The van der Waals surface area contributed by atoms with Crippen molar-refractivity contribution < 1.29 is 19.1 Å². The molecule has 6 heteroatoms. The van der Waals surface area contributed by atoms with Crippen LogP contribution in [0.3, 0.4) is 0 Å². The number of hydrogen-bond acceptors (Lipinski definition) is 4. The number of aromatic nitrogens is 1. The molecular weight excluding hydrogens is 452 g/mol. The van der Waals surface area contributed by atoms with Crippen LogP contribution < -0.4 is 14.8 Å². The summed E-state index contributed by atoms with van der Waals surface area (Å²) < 4.78 is 13.4. The number of hydrogen-bond donors (Lipinski definition) is 1. The number of ketones is 1. The standard InChI is InChI=1S/C30H28N2O4/c1-3-35-29-19-23(13-15-27(33)24-10-8-11-25(20-24)32-17-6-7-18-32)14-16-28(29)36-21-30(34)31-26-12-5-4-9-22(26)2/h4-20H,3,21H2,1-2H3,(H,31,34)/b15-13+. The van der Waals surface area contributed by atoms with Gasteiger partial charge in [-0.2, -0.15) is 0 Å². The van der Waals surface area contributed by atoms with Crippen molar-refractivity contribution in [3.8, 4) is 17.2 Å². The number of amides is 1. The van der Waals surface area contributed by atoms with E-state index in [0.717, 1.165) is 22.5 Å². The summed E-state index contributed by atoms with van der Waals surface area (Å²) in [5.41, 5.74) is 4.03. The van der Waals surface area contributed by atoms with Crippen molar-refractivity contribution >= 4 is 23.5 Å². The maximum atomic E-state index is 12.8. The van der Waals surface area contributed by atoms with Gasteiger partial charge in [-0.25, -0.2) is 0 Å². The molecule has 0 saturated carbocycles. The van der Waals surface area contributed by atoms with E-state index in [1.54, 1.807) is 24.3 Å². The van der Waals surface area contributed by atoms with E-state index >= 15 is 0 Å². The summed E-state index contributed by atoms with van der Waals surface area (Å²) in [5.74, 6) is 0.601. The van der Waals surface area contributed by atoms with Crippen LogP contribution in [0.4, 0.5) is 5.69 Å². The summed E-state index contributed by atoms with van der Waals surface area (Å²) in [4.78, 5) is 25.1. The highest BCUT2D eigenvalue weighted by molar-refractivity contribution is 6.07. The van der Waals surface area contributed by atoms with E-state index in [-0.39, 0.29) is 18.3 Å². The van der Waals surface area contributed by atoms with E-state index < -0.39 is 0 Å². The number of anilines is 1. The zero-order chi connectivity index (χ0) is 25.3. The molecule has 0 saturated heterocycles. The first-order valence-electron chi connectivity index (χ1n) is 11.7. The molecule has 6 nitrogen and oxygen atoms in total. The fourth-order valence-corrected chi connectivity index (χ4v) is 3.65. The molecule has 1 amide bonds. The first-order chi connectivity index (χ1) is 17.5. The molecule has 182 valence electrons. The van der Waals surface area contributed by atoms with Gasteiger partial charge in [0.2, 0.25) is 0 Å². The minimum Gasteiger partial charge on any atom is -0.490 e. The lowest BCUT2D eigenvalue weighted by molar-refractivity contribution is -0.118. The Labute approximate surface area is 210 Å². The predicted octanol–water partition coefficient (Wildman–Crippen LogP) is 6.10. The highest BCUT2D eigenvalue weighted by Crippen LogP contribution is 2.29. The zero-order valence-corrected chi connectivity index (χ0v) is 20.3. The van der Waals surface area contributed by atoms with Gasteiger partial charge in [0.15, 0.2) is 23.9 Å². The molecule has 4 aromatic rings. The van der Waals surface area contributed by atoms with Gasteiger partial charge in [0.25, 0.3) is 5.91 Å². The molecule has 0 spiro atoms. The van der Waals surface area contributed by atoms with Crippen LogP contribution in [0, 0.1) is 6.92 Å². The number of carbonyl (C=O) groups is 2. The number of benzene rings is 3. The van der Waals surface area contributed by atoms with Gasteiger partial charge in [0.1, 0.15) is 0 Å². The summed E-state index contributed by atoms with van der Waals surface area (Å²) in [6.45, 7) is 4.09. The van der Waals surface area contributed by atoms with Crippen LogP contribution in [0.15, 0.2) is 97.3 Å². The van der Waals surface area contributed by atoms with Gasteiger partial charge < -0.3 is 19.4 Å². The number of nitrogens with one attached hydrogen (secondary N) is 1.